The molecule has 3 aromatic rings. The van der Waals surface area contributed by atoms with E-state index in [1.807, 2.05) is 55.6 Å². The third-order valence-electron chi connectivity index (χ3n) is 4.95. The number of aldehydes is 1. The average Bonchev–Trinajstić information content (AvgIpc) is 3.24. The summed E-state index contributed by atoms with van der Waals surface area (Å²) in [4.78, 5) is 13.8. The summed E-state index contributed by atoms with van der Waals surface area (Å²) in [7, 11) is 0. The second-order valence-corrected chi connectivity index (χ2v) is 7.09. The van der Waals surface area contributed by atoms with E-state index in [4.69, 9.17) is 0 Å². The number of rotatable bonds is 5. The fourth-order valence-corrected chi connectivity index (χ4v) is 3.08. The number of carbonyl (C=O) groups is 1. The third kappa shape index (κ3) is 7.32. The Morgan fingerprint density at radius 2 is 1.65 bits per heavy atom. The quantitative estimate of drug-likeness (QED) is 0.478. The molecule has 3 rings (SSSR count). The fraction of sp³-hybridized carbons (Fsp3) is 0.207. The predicted molar refractivity (Wildman–Crippen MR) is 132 cm³/mol. The van der Waals surface area contributed by atoms with Crippen LogP contribution >= 0.6 is 0 Å². The Hall–Kier alpha value is -3.57. The molecule has 1 aromatic heterocycles. The maximum atomic E-state index is 10.7. The third-order valence-corrected chi connectivity index (χ3v) is 4.95. The Morgan fingerprint density at radius 1 is 1.00 bits per heavy atom. The molecular weight excluding hydrogens is 378 g/mol. The normalized spacial score (nSPS) is 11.2. The van der Waals surface area contributed by atoms with Gasteiger partial charge in [-0.2, -0.15) is 0 Å². The zero-order valence-corrected chi connectivity index (χ0v) is 18.7. The van der Waals surface area contributed by atoms with Gasteiger partial charge in [0.05, 0.1) is 0 Å². The molecule has 0 atom stereocenters. The summed E-state index contributed by atoms with van der Waals surface area (Å²) in [5.74, 6) is 6.34. The Labute approximate surface area is 186 Å². The smallest absolute Gasteiger partial charge is 0.124 e. The van der Waals surface area contributed by atoms with Gasteiger partial charge in [-0.3, -0.25) is 0 Å². The van der Waals surface area contributed by atoms with Crippen LogP contribution < -0.4 is 10.6 Å². The van der Waals surface area contributed by atoms with E-state index < -0.39 is 0 Å². The number of hydrogen-bond acceptors (Lipinski definition) is 1. The van der Waals surface area contributed by atoms with Crippen molar-refractivity contribution in [1.29, 1.82) is 0 Å². The van der Waals surface area contributed by atoms with Crippen LogP contribution in [0.1, 0.15) is 43.0 Å². The van der Waals surface area contributed by atoms with Crippen LogP contribution in [0.5, 0.6) is 0 Å². The van der Waals surface area contributed by atoms with Crippen molar-refractivity contribution in [3.05, 3.63) is 106 Å². The Balaban J connectivity index is 0.000000285. The summed E-state index contributed by atoms with van der Waals surface area (Å²) >= 11 is 0. The van der Waals surface area contributed by atoms with Crippen molar-refractivity contribution in [1.82, 2.24) is 4.98 Å². The van der Waals surface area contributed by atoms with Gasteiger partial charge in [-0.05, 0) is 48.6 Å². The van der Waals surface area contributed by atoms with E-state index in [1.54, 1.807) is 0 Å². The van der Waals surface area contributed by atoms with Crippen LogP contribution in [0.25, 0.3) is 12.2 Å². The molecule has 2 heteroatoms. The number of hydrogen-bond donors (Lipinski definition) is 1. The van der Waals surface area contributed by atoms with E-state index >= 15 is 0 Å². The second kappa shape index (κ2) is 12.9. The molecule has 0 fully saturated rings. The largest absolute Gasteiger partial charge is 0.362 e. The summed E-state index contributed by atoms with van der Waals surface area (Å²) in [6.45, 7) is 10.3. The summed E-state index contributed by atoms with van der Waals surface area (Å²) in [5.41, 5.74) is 5.59. The lowest BCUT2D eigenvalue weighted by atomic mass is 10.0. The van der Waals surface area contributed by atoms with E-state index in [0.29, 0.717) is 6.42 Å². The molecule has 158 valence electrons. The van der Waals surface area contributed by atoms with Crippen LogP contribution in [0.4, 0.5) is 0 Å². The molecule has 2 nitrogen and oxygen atoms in total. The molecule has 31 heavy (non-hydrogen) atoms. The highest BCUT2D eigenvalue weighted by Crippen LogP contribution is 2.08. The second-order valence-electron chi connectivity index (χ2n) is 7.09. The summed E-state index contributed by atoms with van der Waals surface area (Å²) < 4.78 is 0. The molecule has 0 spiro atoms. The summed E-state index contributed by atoms with van der Waals surface area (Å²) in [6.07, 6.45) is 9.34. The molecule has 0 saturated heterocycles. The number of H-pyrrole nitrogens is 1. The van der Waals surface area contributed by atoms with Crippen molar-refractivity contribution in [3.8, 4) is 11.8 Å². The minimum absolute atomic E-state index is 0.383. The predicted octanol–water partition coefficient (Wildman–Crippen LogP) is 4.76. The van der Waals surface area contributed by atoms with Crippen molar-refractivity contribution < 1.29 is 4.79 Å². The van der Waals surface area contributed by atoms with Crippen molar-refractivity contribution >= 4 is 18.4 Å². The lowest BCUT2D eigenvalue weighted by molar-refractivity contribution is -0.107. The molecule has 0 aliphatic rings. The van der Waals surface area contributed by atoms with Crippen molar-refractivity contribution in [2.75, 3.05) is 0 Å². The van der Waals surface area contributed by atoms with Gasteiger partial charge in [-0.15, -0.1) is 0 Å². The van der Waals surface area contributed by atoms with Gasteiger partial charge < -0.3 is 9.78 Å². The number of aryl methyl sites for hydroxylation is 2. The molecule has 2 aromatic carbocycles. The van der Waals surface area contributed by atoms with Gasteiger partial charge in [0.25, 0.3) is 0 Å². The van der Waals surface area contributed by atoms with Gasteiger partial charge in [0, 0.05) is 34.3 Å². The molecule has 0 saturated carbocycles. The monoisotopic (exact) mass is 409 g/mol. The van der Waals surface area contributed by atoms with Crippen LogP contribution in [0, 0.1) is 11.8 Å². The maximum Gasteiger partial charge on any atom is 0.124 e. The minimum atomic E-state index is 0.383. The zero-order valence-electron chi connectivity index (χ0n) is 18.7. The first-order valence-corrected chi connectivity index (χ1v) is 10.7. The molecule has 0 unspecified atom stereocenters. The maximum absolute atomic E-state index is 10.7. The van der Waals surface area contributed by atoms with Gasteiger partial charge in [-0.25, -0.2) is 0 Å². The number of carbonyl (C=O) groups excluding carboxylic acids is 1. The average molecular weight is 410 g/mol. The van der Waals surface area contributed by atoms with Gasteiger partial charge in [-0.1, -0.05) is 86.9 Å². The first-order chi connectivity index (χ1) is 15.1. The minimum Gasteiger partial charge on any atom is -0.362 e. The van der Waals surface area contributed by atoms with Gasteiger partial charge >= 0.3 is 0 Å². The van der Waals surface area contributed by atoms with E-state index in [1.165, 1.54) is 11.1 Å². The van der Waals surface area contributed by atoms with E-state index in [2.05, 4.69) is 61.5 Å². The Bertz CT molecular complexity index is 1140. The zero-order chi connectivity index (χ0) is 22.5. The van der Waals surface area contributed by atoms with Crippen molar-refractivity contribution in [3.63, 3.8) is 0 Å². The van der Waals surface area contributed by atoms with E-state index in [9.17, 15) is 4.79 Å². The molecule has 0 aliphatic heterocycles. The summed E-state index contributed by atoms with van der Waals surface area (Å²) in [5, 5.41) is 1.84. The lowest BCUT2D eigenvalue weighted by Gasteiger charge is -1.98. The topological polar surface area (TPSA) is 32.9 Å². The standard InChI is InChI=1S/C19H17NO.C10H14/c1-3-6-18(19-11-13-20-15(19)2)10-9-16-7-4-5-8-17(16)12-14-21;1-3-9-5-7-10(4-2)8-6-9/h3-8,11,13-14,20H,2,12H2,1H3;5-8H,3-4H2,1-2H3/b6-3-,19-18+;. The van der Waals surface area contributed by atoms with Crippen LogP contribution in [-0.4, -0.2) is 11.3 Å². The lowest BCUT2D eigenvalue weighted by Crippen LogP contribution is -2.22. The highest BCUT2D eigenvalue weighted by molar-refractivity contribution is 5.73. The van der Waals surface area contributed by atoms with Gasteiger partial charge in [0.15, 0.2) is 0 Å². The Morgan fingerprint density at radius 3 is 2.16 bits per heavy atom. The molecule has 1 heterocycles. The van der Waals surface area contributed by atoms with Crippen LogP contribution in [-0.2, 0) is 24.1 Å². The highest BCUT2D eigenvalue weighted by Gasteiger charge is 1.98. The molecule has 0 amide bonds. The molecule has 1 N–H and O–H groups in total. The highest BCUT2D eigenvalue weighted by atomic mass is 16.1. The number of benzene rings is 2. The number of nitrogens with one attached hydrogen (secondary N) is 1. The SMILES string of the molecule is C=c1[nH]cc/c1=C(C#Cc1ccccc1CC=O)/C=C\C.CCc1ccc(CC)cc1. The molecule has 0 radical (unpaired) electrons. The number of allylic oxidation sites excluding steroid dienone is 2. The molecular formula is C29H31NO. The fourth-order valence-electron chi connectivity index (χ4n) is 3.08. The van der Waals surface area contributed by atoms with Gasteiger partial charge in [0.1, 0.15) is 6.29 Å². The van der Waals surface area contributed by atoms with E-state index in [-0.39, 0.29) is 0 Å². The van der Waals surface area contributed by atoms with Crippen LogP contribution in [0.15, 0.2) is 72.9 Å². The Kier molecular flexibility index (Phi) is 9.85. The number of aromatic nitrogens is 1. The van der Waals surface area contributed by atoms with Gasteiger partial charge in [0.2, 0.25) is 0 Å². The summed E-state index contributed by atoms with van der Waals surface area (Å²) in [6, 6.07) is 18.5. The van der Waals surface area contributed by atoms with Crippen molar-refractivity contribution in [2.45, 2.75) is 40.0 Å². The first kappa shape index (κ1) is 23.7. The van der Waals surface area contributed by atoms with Crippen LogP contribution in [0.3, 0.4) is 0 Å². The molecule has 0 aliphatic carbocycles. The molecule has 0 bridgehead atoms. The number of aromatic amines is 1. The first-order valence-electron chi connectivity index (χ1n) is 10.7. The van der Waals surface area contributed by atoms with E-state index in [0.717, 1.165) is 46.4 Å². The van der Waals surface area contributed by atoms with Crippen molar-refractivity contribution in [2.24, 2.45) is 0 Å². The van der Waals surface area contributed by atoms with Crippen LogP contribution in [0.2, 0.25) is 0 Å².